The van der Waals surface area contributed by atoms with Gasteiger partial charge in [0.2, 0.25) is 11.8 Å². The lowest BCUT2D eigenvalue weighted by molar-refractivity contribution is -0.119. The molecule has 0 aliphatic rings. The van der Waals surface area contributed by atoms with E-state index >= 15 is 0 Å². The van der Waals surface area contributed by atoms with Crippen LogP contribution in [0, 0.1) is 0 Å². The van der Waals surface area contributed by atoms with E-state index in [9.17, 15) is 9.59 Å². The molecule has 0 saturated heterocycles. The lowest BCUT2D eigenvalue weighted by Gasteiger charge is -2.13. The molecule has 9 heteroatoms. The summed E-state index contributed by atoms with van der Waals surface area (Å²) in [4.78, 5) is 24.6. The van der Waals surface area contributed by atoms with Crippen LogP contribution in [0.3, 0.4) is 0 Å². The van der Waals surface area contributed by atoms with E-state index in [-0.39, 0.29) is 17.6 Å². The average molecular weight is 463 g/mol. The molecule has 3 rings (SSSR count). The molecular weight excluding hydrogens is 443 g/mol. The molecule has 3 aromatic rings. The van der Waals surface area contributed by atoms with Gasteiger partial charge in [-0.2, -0.15) is 5.10 Å². The molecule has 2 amide bonds. The van der Waals surface area contributed by atoms with Gasteiger partial charge in [-0.05, 0) is 48.9 Å². The fraction of sp³-hybridized carbons (Fsp3) is 0.190. The number of anilines is 2. The number of nitrogens with one attached hydrogen (secondary N) is 2. The van der Waals surface area contributed by atoms with Crippen molar-refractivity contribution in [3.8, 4) is 0 Å². The third kappa shape index (κ3) is 6.26. The molecule has 6 nitrogen and oxygen atoms in total. The topological polar surface area (TPSA) is 76.0 Å². The first-order chi connectivity index (χ1) is 14.4. The zero-order valence-electron chi connectivity index (χ0n) is 16.1. The Morgan fingerprint density at radius 1 is 1.10 bits per heavy atom. The van der Waals surface area contributed by atoms with E-state index < -0.39 is 6.04 Å². The normalized spacial score (nSPS) is 11.7. The van der Waals surface area contributed by atoms with Crippen LogP contribution in [0.25, 0.3) is 0 Å². The average Bonchev–Trinajstić information content (AvgIpc) is 3.24. The maximum absolute atomic E-state index is 12.4. The van der Waals surface area contributed by atoms with Crippen LogP contribution in [-0.4, -0.2) is 27.3 Å². The Morgan fingerprint density at radius 2 is 1.87 bits per heavy atom. The van der Waals surface area contributed by atoms with Gasteiger partial charge in [0.25, 0.3) is 0 Å². The molecule has 30 heavy (non-hydrogen) atoms. The molecule has 1 atom stereocenters. The van der Waals surface area contributed by atoms with Gasteiger partial charge in [0.1, 0.15) is 6.04 Å². The lowest BCUT2D eigenvalue weighted by Crippen LogP contribution is -2.24. The van der Waals surface area contributed by atoms with Crippen LogP contribution in [0.15, 0.2) is 60.9 Å². The molecule has 0 bridgehead atoms. The smallest absolute Gasteiger partial charge is 0.248 e. The molecule has 156 valence electrons. The number of thioether (sulfide) groups is 1. The van der Waals surface area contributed by atoms with E-state index in [4.69, 9.17) is 23.2 Å². The second-order valence-electron chi connectivity index (χ2n) is 6.51. The van der Waals surface area contributed by atoms with Crippen LogP contribution in [0.1, 0.15) is 18.5 Å². The monoisotopic (exact) mass is 462 g/mol. The van der Waals surface area contributed by atoms with E-state index in [0.717, 1.165) is 5.56 Å². The first-order valence-electron chi connectivity index (χ1n) is 9.14. The highest BCUT2D eigenvalue weighted by molar-refractivity contribution is 7.99. The van der Waals surface area contributed by atoms with Gasteiger partial charge in [-0.1, -0.05) is 35.3 Å². The molecule has 1 heterocycles. The summed E-state index contributed by atoms with van der Waals surface area (Å²) in [6.45, 7) is 1.76. The highest BCUT2D eigenvalue weighted by Gasteiger charge is 2.15. The summed E-state index contributed by atoms with van der Waals surface area (Å²) in [5.41, 5.74) is 2.13. The van der Waals surface area contributed by atoms with E-state index in [1.54, 1.807) is 66.5 Å². The summed E-state index contributed by atoms with van der Waals surface area (Å²) in [6.07, 6.45) is 3.36. The molecule has 0 aliphatic heterocycles. The van der Waals surface area contributed by atoms with Crippen LogP contribution in [0.2, 0.25) is 10.0 Å². The second-order valence-corrected chi connectivity index (χ2v) is 8.34. The number of rotatable bonds is 8. The molecule has 0 spiro atoms. The first kappa shape index (κ1) is 22.2. The van der Waals surface area contributed by atoms with Crippen LogP contribution >= 0.6 is 35.0 Å². The van der Waals surface area contributed by atoms with Gasteiger partial charge in [-0.25, -0.2) is 0 Å². The number of carbonyl (C=O) groups excluding carboxylic acids is 2. The number of halogens is 2. The van der Waals surface area contributed by atoms with Crippen molar-refractivity contribution in [2.45, 2.75) is 18.7 Å². The minimum atomic E-state index is -0.450. The predicted octanol–water partition coefficient (Wildman–Crippen LogP) is 5.26. The second kappa shape index (κ2) is 10.5. The quantitative estimate of drug-likeness (QED) is 0.478. The van der Waals surface area contributed by atoms with Crippen LogP contribution in [0.4, 0.5) is 11.4 Å². The molecular formula is C21H20Cl2N4O2S. The number of aromatic nitrogens is 2. The molecule has 0 radical (unpaired) electrons. The lowest BCUT2D eigenvalue weighted by atomic mass is 10.2. The van der Waals surface area contributed by atoms with Crippen molar-refractivity contribution >= 4 is 58.2 Å². The van der Waals surface area contributed by atoms with Crippen molar-refractivity contribution in [1.82, 2.24) is 9.78 Å². The zero-order valence-corrected chi connectivity index (χ0v) is 18.5. The number of benzene rings is 2. The van der Waals surface area contributed by atoms with Crippen molar-refractivity contribution in [2.75, 3.05) is 16.4 Å². The van der Waals surface area contributed by atoms with Crippen LogP contribution in [0.5, 0.6) is 0 Å². The highest BCUT2D eigenvalue weighted by Crippen LogP contribution is 2.25. The van der Waals surface area contributed by atoms with Crippen molar-refractivity contribution in [2.24, 2.45) is 0 Å². The van der Waals surface area contributed by atoms with Crippen molar-refractivity contribution < 1.29 is 9.59 Å². The minimum Gasteiger partial charge on any atom is -0.325 e. The summed E-state index contributed by atoms with van der Waals surface area (Å²) < 4.78 is 1.57. The SMILES string of the molecule is CC(C(=O)Nc1cccc(NC(=O)CSCc2ccc(Cl)cc2Cl)c1)n1cccn1. The molecule has 0 aliphatic carbocycles. The molecule has 1 aromatic heterocycles. The third-order valence-corrected chi connectivity index (χ3v) is 5.79. The largest absolute Gasteiger partial charge is 0.325 e. The highest BCUT2D eigenvalue weighted by atomic mass is 35.5. The Hall–Kier alpha value is -2.48. The number of nitrogens with zero attached hydrogens (tertiary/aromatic N) is 2. The minimum absolute atomic E-state index is 0.140. The van der Waals surface area contributed by atoms with E-state index in [1.165, 1.54) is 11.8 Å². The molecule has 0 saturated carbocycles. The van der Waals surface area contributed by atoms with E-state index in [1.807, 2.05) is 6.07 Å². The van der Waals surface area contributed by atoms with Crippen LogP contribution < -0.4 is 10.6 Å². The maximum Gasteiger partial charge on any atom is 0.248 e. The van der Waals surface area contributed by atoms with Gasteiger partial charge in [-0.15, -0.1) is 11.8 Å². The Labute approximate surface area is 188 Å². The summed E-state index contributed by atoms with van der Waals surface area (Å²) in [7, 11) is 0. The fourth-order valence-electron chi connectivity index (χ4n) is 2.64. The fourth-order valence-corrected chi connectivity index (χ4v) is 4.03. The van der Waals surface area contributed by atoms with Gasteiger partial charge >= 0.3 is 0 Å². The predicted molar refractivity (Wildman–Crippen MR) is 123 cm³/mol. The Balaban J connectivity index is 1.50. The number of hydrogen-bond donors (Lipinski definition) is 2. The van der Waals surface area contributed by atoms with Crippen molar-refractivity contribution in [3.63, 3.8) is 0 Å². The van der Waals surface area contributed by atoms with Gasteiger partial charge in [-0.3, -0.25) is 14.3 Å². The molecule has 1 unspecified atom stereocenters. The van der Waals surface area contributed by atoms with Gasteiger partial charge < -0.3 is 10.6 Å². The molecule has 2 aromatic carbocycles. The van der Waals surface area contributed by atoms with Gasteiger partial charge in [0.05, 0.1) is 5.75 Å². The summed E-state index contributed by atoms with van der Waals surface area (Å²) >= 11 is 13.5. The molecule has 0 fully saturated rings. The van der Waals surface area contributed by atoms with E-state index in [0.29, 0.717) is 27.2 Å². The zero-order chi connectivity index (χ0) is 21.5. The molecule has 2 N–H and O–H groups in total. The van der Waals surface area contributed by atoms with E-state index in [2.05, 4.69) is 15.7 Å². The summed E-state index contributed by atoms with van der Waals surface area (Å²) in [6, 6.07) is 13.6. The Kier molecular flexibility index (Phi) is 7.79. The summed E-state index contributed by atoms with van der Waals surface area (Å²) in [5, 5.41) is 10.9. The number of amides is 2. The first-order valence-corrected chi connectivity index (χ1v) is 11.0. The Bertz CT molecular complexity index is 1030. The van der Waals surface area contributed by atoms with Crippen LogP contribution in [-0.2, 0) is 15.3 Å². The number of carbonyl (C=O) groups is 2. The van der Waals surface area contributed by atoms with Gasteiger partial charge in [0, 0.05) is 39.6 Å². The number of hydrogen-bond acceptors (Lipinski definition) is 4. The Morgan fingerprint density at radius 3 is 2.57 bits per heavy atom. The van der Waals surface area contributed by atoms with Crippen molar-refractivity contribution in [3.05, 3.63) is 76.5 Å². The third-order valence-electron chi connectivity index (χ3n) is 4.22. The maximum atomic E-state index is 12.4. The summed E-state index contributed by atoms with van der Waals surface area (Å²) in [5.74, 6) is 0.535. The standard InChI is InChI=1S/C21H20Cl2N4O2S/c1-14(27-9-3-8-24-27)21(29)26-18-5-2-4-17(11-18)25-20(28)13-30-12-15-6-7-16(22)10-19(15)23/h2-11,14H,12-13H2,1H3,(H,25,28)(H,26,29). The van der Waals surface area contributed by atoms with Gasteiger partial charge in [0.15, 0.2) is 0 Å². The van der Waals surface area contributed by atoms with Crippen molar-refractivity contribution in [1.29, 1.82) is 0 Å².